The van der Waals surface area contributed by atoms with Gasteiger partial charge in [-0.1, -0.05) is 17.7 Å². The number of likely N-dealkylation sites (tertiary alicyclic amines) is 1. The maximum Gasteiger partial charge on any atom is 0.321 e. The second-order valence-corrected chi connectivity index (χ2v) is 8.47. The number of hydrogen-bond acceptors (Lipinski definition) is 3. The average Bonchev–Trinajstić information content (AvgIpc) is 3.14. The van der Waals surface area contributed by atoms with Crippen LogP contribution in [0.2, 0.25) is 5.02 Å². The number of carbonyl (C=O) groups is 1. The highest BCUT2D eigenvalue weighted by atomic mass is 35.5. The third kappa shape index (κ3) is 3.20. The Hall–Kier alpha value is -3.01. The van der Waals surface area contributed by atoms with Gasteiger partial charge in [0, 0.05) is 46.9 Å². The smallest absolute Gasteiger partial charge is 0.321 e. The number of fused-ring (bicyclic) bond motifs is 4. The molecule has 30 heavy (non-hydrogen) atoms. The molecule has 152 valence electrons. The first kappa shape index (κ1) is 19.0. The molecule has 3 N–H and O–H groups in total. The maximum atomic E-state index is 12.8. The molecule has 0 unspecified atom stereocenters. The van der Waals surface area contributed by atoms with Crippen LogP contribution in [0, 0.1) is 11.3 Å². The van der Waals surface area contributed by atoms with E-state index >= 15 is 0 Å². The van der Waals surface area contributed by atoms with E-state index in [-0.39, 0.29) is 11.6 Å². The van der Waals surface area contributed by atoms with Crippen molar-refractivity contribution in [3.05, 3.63) is 64.3 Å². The molecule has 0 atom stereocenters. The van der Waals surface area contributed by atoms with Gasteiger partial charge in [0.15, 0.2) is 0 Å². The van der Waals surface area contributed by atoms with Crippen LogP contribution in [0.5, 0.6) is 0 Å². The summed E-state index contributed by atoms with van der Waals surface area (Å²) in [6, 6.07) is 15.0. The molecule has 0 saturated carbocycles. The number of piperidine rings is 1. The van der Waals surface area contributed by atoms with Gasteiger partial charge in [-0.15, -0.1) is 0 Å². The number of H-pyrrole nitrogens is 1. The van der Waals surface area contributed by atoms with Gasteiger partial charge >= 0.3 is 6.03 Å². The van der Waals surface area contributed by atoms with Crippen molar-refractivity contribution in [2.24, 2.45) is 0 Å². The first-order chi connectivity index (χ1) is 14.6. The molecule has 2 aliphatic heterocycles. The summed E-state index contributed by atoms with van der Waals surface area (Å²) >= 11 is 6.24. The lowest BCUT2D eigenvalue weighted by molar-refractivity contribution is 0.142. The Balaban J connectivity index is 1.34. The minimum atomic E-state index is -0.142. The van der Waals surface area contributed by atoms with Crippen molar-refractivity contribution in [2.75, 3.05) is 25.0 Å². The van der Waals surface area contributed by atoms with Gasteiger partial charge in [-0.2, -0.15) is 5.26 Å². The molecule has 1 saturated heterocycles. The minimum Gasteiger partial charge on any atom is -0.357 e. The lowest BCUT2D eigenvalue weighted by Gasteiger charge is -2.44. The van der Waals surface area contributed by atoms with Crippen molar-refractivity contribution >= 4 is 34.2 Å². The molecule has 2 aliphatic rings. The Morgan fingerprint density at radius 1 is 1.20 bits per heavy atom. The number of nitrogens with one attached hydrogen (secondary N) is 3. The zero-order valence-corrected chi connectivity index (χ0v) is 17.2. The van der Waals surface area contributed by atoms with E-state index in [0.717, 1.165) is 36.3 Å². The van der Waals surface area contributed by atoms with Crippen molar-refractivity contribution in [1.82, 2.24) is 15.2 Å². The number of nitrogens with zero attached hydrogens (tertiary/aromatic N) is 2. The minimum absolute atomic E-state index is 0.126. The van der Waals surface area contributed by atoms with E-state index in [1.165, 1.54) is 16.6 Å². The second-order valence-electron chi connectivity index (χ2n) is 8.04. The molecule has 2 amide bonds. The largest absolute Gasteiger partial charge is 0.357 e. The molecular weight excluding hydrogens is 398 g/mol. The monoisotopic (exact) mass is 419 g/mol. The van der Waals surface area contributed by atoms with Crippen molar-refractivity contribution in [3.63, 3.8) is 0 Å². The first-order valence-electron chi connectivity index (χ1n) is 10.2. The van der Waals surface area contributed by atoms with Crippen LogP contribution in [0.25, 0.3) is 10.9 Å². The van der Waals surface area contributed by atoms with E-state index < -0.39 is 0 Å². The van der Waals surface area contributed by atoms with Crippen LogP contribution in [0.15, 0.2) is 42.5 Å². The fraction of sp³-hybridized carbons (Fsp3) is 0.304. The molecular formula is C23H22ClN5O. The molecule has 5 rings (SSSR count). The molecule has 1 spiro atoms. The van der Waals surface area contributed by atoms with E-state index in [0.29, 0.717) is 24.3 Å². The number of carbonyl (C=O) groups excluding carboxylic acids is 1. The normalized spacial score (nSPS) is 17.5. The molecule has 1 aromatic heterocycles. The van der Waals surface area contributed by atoms with Crippen molar-refractivity contribution in [1.29, 1.82) is 5.26 Å². The summed E-state index contributed by atoms with van der Waals surface area (Å²) in [7, 11) is 0. The Labute approximate surface area is 179 Å². The molecule has 2 aromatic carbocycles. The summed E-state index contributed by atoms with van der Waals surface area (Å²) in [5.41, 5.74) is 4.74. The van der Waals surface area contributed by atoms with Gasteiger partial charge in [-0.3, -0.25) is 0 Å². The van der Waals surface area contributed by atoms with E-state index in [2.05, 4.69) is 21.7 Å². The molecule has 0 bridgehead atoms. The SMILES string of the molecule is N#Cc1cccc(NC(=O)N2CCC3(CC2)NCCc2c3[nH]c3ccc(Cl)cc23)c1. The summed E-state index contributed by atoms with van der Waals surface area (Å²) in [5, 5.41) is 17.7. The summed E-state index contributed by atoms with van der Waals surface area (Å²) < 4.78 is 0. The highest BCUT2D eigenvalue weighted by molar-refractivity contribution is 6.31. The van der Waals surface area contributed by atoms with E-state index in [1.54, 1.807) is 24.3 Å². The Morgan fingerprint density at radius 3 is 2.83 bits per heavy atom. The van der Waals surface area contributed by atoms with Gasteiger partial charge in [-0.25, -0.2) is 4.79 Å². The van der Waals surface area contributed by atoms with Crippen molar-refractivity contribution in [3.8, 4) is 6.07 Å². The first-order valence-corrected chi connectivity index (χ1v) is 10.6. The number of aromatic nitrogens is 1. The number of benzene rings is 2. The lowest BCUT2D eigenvalue weighted by atomic mass is 9.79. The summed E-state index contributed by atoms with van der Waals surface area (Å²) in [4.78, 5) is 18.2. The standard InChI is InChI=1S/C23H22ClN5O/c24-16-4-5-20-19(13-16)18-6-9-26-23(21(18)28-20)7-10-29(11-8-23)22(30)27-17-3-1-2-15(12-17)14-25/h1-5,12-13,26,28H,6-11H2,(H,27,30). The Bertz CT molecular complexity index is 1170. The quantitative estimate of drug-likeness (QED) is 0.547. The van der Waals surface area contributed by atoms with Gasteiger partial charge in [-0.05, 0) is 61.2 Å². The fourth-order valence-electron chi connectivity index (χ4n) is 4.79. The second kappa shape index (κ2) is 7.35. The zero-order chi connectivity index (χ0) is 20.7. The van der Waals surface area contributed by atoms with Crippen molar-refractivity contribution in [2.45, 2.75) is 24.8 Å². The number of nitriles is 1. The molecule has 0 radical (unpaired) electrons. The highest BCUT2D eigenvalue weighted by Crippen LogP contribution is 2.40. The average molecular weight is 420 g/mol. The van der Waals surface area contributed by atoms with Crippen molar-refractivity contribution < 1.29 is 4.79 Å². The van der Waals surface area contributed by atoms with Crippen LogP contribution in [-0.4, -0.2) is 35.5 Å². The summed E-state index contributed by atoms with van der Waals surface area (Å²) in [6.07, 6.45) is 2.65. The molecule has 1 fully saturated rings. The summed E-state index contributed by atoms with van der Waals surface area (Å²) in [6.45, 7) is 2.23. The third-order valence-electron chi connectivity index (χ3n) is 6.33. The molecule has 3 aromatic rings. The van der Waals surface area contributed by atoms with E-state index in [1.807, 2.05) is 23.1 Å². The number of hydrogen-bond donors (Lipinski definition) is 3. The van der Waals surface area contributed by atoms with Crippen LogP contribution < -0.4 is 10.6 Å². The number of anilines is 1. The van der Waals surface area contributed by atoms with Gasteiger partial charge < -0.3 is 20.5 Å². The molecule has 0 aliphatic carbocycles. The van der Waals surface area contributed by atoms with Gasteiger partial charge in [0.2, 0.25) is 0 Å². The van der Waals surface area contributed by atoms with E-state index in [9.17, 15) is 4.79 Å². The number of urea groups is 1. The number of aromatic amines is 1. The Kier molecular flexibility index (Phi) is 4.65. The predicted molar refractivity (Wildman–Crippen MR) is 118 cm³/mol. The number of amides is 2. The fourth-order valence-corrected chi connectivity index (χ4v) is 4.96. The predicted octanol–water partition coefficient (Wildman–Crippen LogP) is 4.36. The lowest BCUT2D eigenvalue weighted by Crippen LogP contribution is -2.55. The molecule has 3 heterocycles. The summed E-state index contributed by atoms with van der Waals surface area (Å²) in [5.74, 6) is 0. The van der Waals surface area contributed by atoms with Crippen LogP contribution in [0.3, 0.4) is 0 Å². The van der Waals surface area contributed by atoms with Gasteiger partial charge in [0.25, 0.3) is 0 Å². The Morgan fingerprint density at radius 2 is 2.03 bits per heavy atom. The molecule has 7 heteroatoms. The van der Waals surface area contributed by atoms with Crippen LogP contribution in [0.4, 0.5) is 10.5 Å². The number of halogens is 1. The maximum absolute atomic E-state index is 12.8. The van der Waals surface area contributed by atoms with Crippen LogP contribution in [-0.2, 0) is 12.0 Å². The number of rotatable bonds is 1. The molecule has 6 nitrogen and oxygen atoms in total. The van der Waals surface area contributed by atoms with Gasteiger partial charge in [0.1, 0.15) is 0 Å². The van der Waals surface area contributed by atoms with E-state index in [4.69, 9.17) is 16.9 Å². The third-order valence-corrected chi connectivity index (χ3v) is 6.57. The highest BCUT2D eigenvalue weighted by Gasteiger charge is 2.42. The zero-order valence-electron chi connectivity index (χ0n) is 16.5. The van der Waals surface area contributed by atoms with Gasteiger partial charge in [0.05, 0.1) is 17.2 Å². The van der Waals surface area contributed by atoms with Crippen LogP contribution >= 0.6 is 11.6 Å². The van der Waals surface area contributed by atoms with Crippen LogP contribution in [0.1, 0.15) is 29.7 Å². The topological polar surface area (TPSA) is 83.9 Å².